The molecule has 128 valence electrons. The summed E-state index contributed by atoms with van der Waals surface area (Å²) in [6, 6.07) is 14.0. The van der Waals surface area contributed by atoms with E-state index in [1.807, 2.05) is 73.3 Å². The molecule has 0 fully saturated rings. The van der Waals surface area contributed by atoms with Gasteiger partial charge in [-0.2, -0.15) is 73.3 Å². The van der Waals surface area contributed by atoms with Crippen LogP contribution in [0.3, 0.4) is 0 Å². The molecule has 0 aliphatic rings. The van der Waals surface area contributed by atoms with Crippen molar-refractivity contribution in [3.8, 4) is 0 Å². The van der Waals surface area contributed by atoms with E-state index < -0.39 is 6.03 Å². The number of aromatic nitrogens is 4. The summed E-state index contributed by atoms with van der Waals surface area (Å²) < 4.78 is 0. The van der Waals surface area contributed by atoms with E-state index in [0.717, 1.165) is 0 Å². The third-order valence-electron chi connectivity index (χ3n) is 1.77. The number of urea groups is 1. The molecule has 0 saturated heterocycles. The largest absolute Gasteiger partial charge is 4.00 e. The summed E-state index contributed by atoms with van der Waals surface area (Å²) in [5.41, 5.74) is 8.50. The summed E-state index contributed by atoms with van der Waals surface area (Å²) in [5, 5.41) is 0. The standard InChI is InChI=1S/4C4H4N.CH4N2O.Si/c4*1-2-4-5-3-1;2-1(3)4;/h4*1-3,5H;(H4,2,3,4);/q4*-1;;+4. The Labute approximate surface area is 151 Å². The fourth-order valence-corrected chi connectivity index (χ4v) is 0.962. The van der Waals surface area contributed by atoms with Crippen LogP contribution in [0.1, 0.15) is 0 Å². The van der Waals surface area contributed by atoms with E-state index in [-0.39, 0.29) is 11.0 Å². The average molecular weight is 352 g/mol. The molecular weight excluding hydrogens is 332 g/mol. The molecule has 0 unspecified atom stereocenters. The van der Waals surface area contributed by atoms with Gasteiger partial charge in [0.2, 0.25) is 0 Å². The Kier molecular flexibility index (Phi) is 19.7. The average Bonchev–Trinajstić information content (AvgIpc) is 3.46. The fraction of sp³-hybridized carbons (Fsp3) is 0. The first-order valence-electron chi connectivity index (χ1n) is 6.76. The summed E-state index contributed by atoms with van der Waals surface area (Å²) in [6.45, 7) is 0. The number of primary amides is 2. The van der Waals surface area contributed by atoms with E-state index >= 15 is 0 Å². The predicted molar refractivity (Wildman–Crippen MR) is 98.0 cm³/mol. The molecule has 4 rings (SSSR count). The SMILES string of the molecule is NC(N)=O.[Si+4].[c-]1ccc[nH]1.[c-]1ccc[nH]1.[c-]1ccc[nH]1.[c-]1ccc[nH]1. The molecule has 0 bridgehead atoms. The normalized spacial score (nSPS) is 7.36. The molecule has 8 heteroatoms. The fourth-order valence-electron chi connectivity index (χ4n) is 0.962. The third-order valence-corrected chi connectivity index (χ3v) is 1.77. The van der Waals surface area contributed by atoms with Crippen LogP contribution in [0, 0.1) is 24.8 Å². The van der Waals surface area contributed by atoms with Crippen molar-refractivity contribution >= 4 is 17.0 Å². The van der Waals surface area contributed by atoms with Gasteiger partial charge in [0.05, 0.1) is 0 Å². The molecule has 8 N–H and O–H groups in total. The van der Waals surface area contributed by atoms with E-state index in [1.165, 1.54) is 0 Å². The minimum atomic E-state index is -0.833. The maximum Gasteiger partial charge on any atom is 4.00 e. The third kappa shape index (κ3) is 25.9. The number of carbonyl (C=O) groups is 1. The zero-order valence-corrected chi connectivity index (χ0v) is 14.5. The molecule has 0 aromatic carbocycles. The van der Waals surface area contributed by atoms with Gasteiger partial charge in [-0.25, -0.2) is 4.79 Å². The van der Waals surface area contributed by atoms with Crippen LogP contribution in [-0.4, -0.2) is 36.9 Å². The van der Waals surface area contributed by atoms with Gasteiger partial charge in [-0.1, -0.05) is 0 Å². The maximum atomic E-state index is 9.00. The first-order chi connectivity index (χ1) is 11.7. The molecule has 0 atom stereocenters. The number of nitrogens with one attached hydrogen (secondary N) is 4. The number of nitrogens with two attached hydrogens (primary N) is 2. The van der Waals surface area contributed by atoms with Gasteiger partial charge in [-0.3, -0.25) is 0 Å². The molecule has 4 aromatic heterocycles. The van der Waals surface area contributed by atoms with Crippen molar-refractivity contribution in [2.45, 2.75) is 0 Å². The summed E-state index contributed by atoms with van der Waals surface area (Å²) >= 11 is 0. The Morgan fingerprint density at radius 1 is 0.600 bits per heavy atom. The molecule has 4 aromatic rings. The first kappa shape index (κ1) is 23.9. The molecule has 2 amide bonds. The van der Waals surface area contributed by atoms with Gasteiger partial charge >= 0.3 is 17.0 Å². The number of carbonyl (C=O) groups excluding carboxylic acids is 1. The van der Waals surface area contributed by atoms with Crippen LogP contribution < -0.4 is 11.5 Å². The van der Waals surface area contributed by atoms with Crippen LogP contribution in [0.25, 0.3) is 0 Å². The smallest absolute Gasteiger partial charge is 0.484 e. The van der Waals surface area contributed by atoms with E-state index in [2.05, 4.69) is 56.2 Å². The zero-order valence-electron chi connectivity index (χ0n) is 13.5. The number of rotatable bonds is 0. The monoisotopic (exact) mass is 352 g/mol. The van der Waals surface area contributed by atoms with Gasteiger partial charge in [0, 0.05) is 0 Å². The van der Waals surface area contributed by atoms with E-state index in [1.54, 1.807) is 0 Å². The molecule has 0 saturated carbocycles. The molecule has 4 heterocycles. The van der Waals surface area contributed by atoms with Crippen LogP contribution in [0.5, 0.6) is 0 Å². The van der Waals surface area contributed by atoms with Gasteiger partial charge in [0.15, 0.2) is 0 Å². The van der Waals surface area contributed by atoms with Crippen molar-refractivity contribution in [3.63, 3.8) is 0 Å². The molecule has 7 nitrogen and oxygen atoms in total. The van der Waals surface area contributed by atoms with Gasteiger partial charge < -0.3 is 31.4 Å². The Balaban J connectivity index is 0. The topological polar surface area (TPSA) is 132 Å². The van der Waals surface area contributed by atoms with Crippen molar-refractivity contribution < 1.29 is 4.79 Å². The van der Waals surface area contributed by atoms with Crippen molar-refractivity contribution in [1.82, 2.24) is 19.9 Å². The number of aromatic amines is 4. The summed E-state index contributed by atoms with van der Waals surface area (Å²) in [7, 11) is 0. The summed E-state index contributed by atoms with van der Waals surface area (Å²) in [6.07, 6.45) is 18.2. The second kappa shape index (κ2) is 20.6. The summed E-state index contributed by atoms with van der Waals surface area (Å²) in [5.74, 6) is 0. The van der Waals surface area contributed by atoms with Gasteiger partial charge in [0.25, 0.3) is 0 Å². The van der Waals surface area contributed by atoms with Crippen LogP contribution in [0.2, 0.25) is 0 Å². The molecule has 0 aliphatic carbocycles. The van der Waals surface area contributed by atoms with Crippen molar-refractivity contribution in [1.29, 1.82) is 0 Å². The van der Waals surface area contributed by atoms with Crippen LogP contribution in [0.4, 0.5) is 4.79 Å². The summed E-state index contributed by atoms with van der Waals surface area (Å²) in [4.78, 5) is 19.9. The number of amides is 2. The molecule has 0 spiro atoms. The Bertz CT molecular complexity index is 441. The molecule has 0 aliphatic heterocycles. The van der Waals surface area contributed by atoms with Crippen LogP contribution >= 0.6 is 0 Å². The van der Waals surface area contributed by atoms with Gasteiger partial charge in [0.1, 0.15) is 0 Å². The van der Waals surface area contributed by atoms with Crippen LogP contribution in [0.15, 0.2) is 73.3 Å². The van der Waals surface area contributed by atoms with Gasteiger partial charge in [-0.15, -0.1) is 24.8 Å². The Hall–Kier alpha value is -3.39. The second-order valence-corrected chi connectivity index (χ2v) is 3.66. The minimum absolute atomic E-state index is 0. The number of H-pyrrole nitrogens is 4. The Morgan fingerprint density at radius 2 is 0.800 bits per heavy atom. The second-order valence-electron chi connectivity index (χ2n) is 3.66. The minimum Gasteiger partial charge on any atom is -0.484 e. The van der Waals surface area contributed by atoms with Crippen molar-refractivity contribution in [3.05, 3.63) is 98.1 Å². The van der Waals surface area contributed by atoms with Crippen LogP contribution in [-0.2, 0) is 0 Å². The number of hydrogen-bond donors (Lipinski definition) is 6. The van der Waals surface area contributed by atoms with E-state index in [4.69, 9.17) is 4.79 Å². The maximum absolute atomic E-state index is 9.00. The zero-order chi connectivity index (χ0) is 17.7. The Morgan fingerprint density at radius 3 is 0.840 bits per heavy atom. The van der Waals surface area contributed by atoms with E-state index in [9.17, 15) is 0 Å². The molecule has 25 heavy (non-hydrogen) atoms. The van der Waals surface area contributed by atoms with Gasteiger partial charge in [-0.05, 0) is 0 Å². The predicted octanol–water partition coefficient (Wildman–Crippen LogP) is 1.90. The quantitative estimate of drug-likeness (QED) is 0.209. The van der Waals surface area contributed by atoms with Crippen molar-refractivity contribution in [2.75, 3.05) is 0 Å². The molecular formula is C17H20N6OSi. The first-order valence-corrected chi connectivity index (χ1v) is 6.76. The van der Waals surface area contributed by atoms with E-state index in [0.29, 0.717) is 0 Å². The van der Waals surface area contributed by atoms with Crippen molar-refractivity contribution in [2.24, 2.45) is 11.5 Å². The number of hydrogen-bond acceptors (Lipinski definition) is 1. The molecule has 0 radical (unpaired) electrons.